The summed E-state index contributed by atoms with van der Waals surface area (Å²) in [5.74, 6) is 0.487. The maximum atomic E-state index is 11.5. The van der Waals surface area contributed by atoms with Crippen LogP contribution in [0.2, 0.25) is 5.02 Å². The lowest BCUT2D eigenvalue weighted by Crippen LogP contribution is -2.19. The Morgan fingerprint density at radius 1 is 1.53 bits per heavy atom. The van der Waals surface area contributed by atoms with Gasteiger partial charge in [-0.15, -0.1) is 0 Å². The number of nitrogens with two attached hydrogens (primary N) is 1. The SMILES string of the molecule is Nc1cc(NC(=O)COCC2CC2)ccc1Cl. The molecule has 2 rings (SSSR count). The van der Waals surface area contributed by atoms with Gasteiger partial charge < -0.3 is 15.8 Å². The summed E-state index contributed by atoms with van der Waals surface area (Å²) in [6.45, 7) is 0.759. The summed E-state index contributed by atoms with van der Waals surface area (Å²) in [6.07, 6.45) is 2.44. The number of hydrogen-bond acceptors (Lipinski definition) is 3. The van der Waals surface area contributed by atoms with Crippen LogP contribution in [0.1, 0.15) is 12.8 Å². The predicted molar refractivity (Wildman–Crippen MR) is 68.0 cm³/mol. The Morgan fingerprint density at radius 2 is 2.29 bits per heavy atom. The minimum Gasteiger partial charge on any atom is -0.397 e. The zero-order chi connectivity index (χ0) is 12.3. The van der Waals surface area contributed by atoms with Gasteiger partial charge in [-0.1, -0.05) is 11.6 Å². The van der Waals surface area contributed by atoms with Crippen LogP contribution in [0.3, 0.4) is 0 Å². The van der Waals surface area contributed by atoms with Crippen LogP contribution in [-0.4, -0.2) is 19.1 Å². The fourth-order valence-corrected chi connectivity index (χ4v) is 1.54. The number of nitrogens with one attached hydrogen (secondary N) is 1. The molecule has 3 N–H and O–H groups in total. The van der Waals surface area contributed by atoms with Gasteiger partial charge in [0.2, 0.25) is 5.91 Å². The molecular weight excluding hydrogens is 240 g/mol. The molecule has 1 aliphatic rings. The number of carbonyl (C=O) groups is 1. The summed E-state index contributed by atoms with van der Waals surface area (Å²) < 4.78 is 5.28. The molecule has 1 amide bonds. The van der Waals surface area contributed by atoms with E-state index in [0.29, 0.717) is 28.9 Å². The molecule has 0 saturated heterocycles. The van der Waals surface area contributed by atoms with E-state index in [1.54, 1.807) is 18.2 Å². The van der Waals surface area contributed by atoms with Gasteiger partial charge in [-0.05, 0) is 37.0 Å². The minimum absolute atomic E-state index is 0.0824. The van der Waals surface area contributed by atoms with Crippen molar-refractivity contribution in [3.63, 3.8) is 0 Å². The monoisotopic (exact) mass is 254 g/mol. The van der Waals surface area contributed by atoms with Crippen LogP contribution in [0, 0.1) is 5.92 Å². The molecule has 5 heteroatoms. The lowest BCUT2D eigenvalue weighted by Gasteiger charge is -2.07. The fraction of sp³-hybridized carbons (Fsp3) is 0.417. The largest absolute Gasteiger partial charge is 0.397 e. The Balaban J connectivity index is 1.77. The molecule has 0 heterocycles. The molecule has 4 nitrogen and oxygen atoms in total. The molecular formula is C12H15ClN2O2. The standard InChI is InChI=1S/C12H15ClN2O2/c13-10-4-3-9(5-11(10)14)15-12(16)7-17-6-8-1-2-8/h3-5,8H,1-2,6-7,14H2,(H,15,16). The van der Waals surface area contributed by atoms with Crippen molar-refractivity contribution in [2.45, 2.75) is 12.8 Å². The molecule has 0 unspecified atom stereocenters. The summed E-state index contributed by atoms with van der Waals surface area (Å²) in [6, 6.07) is 4.98. The topological polar surface area (TPSA) is 64.3 Å². The first-order chi connectivity index (χ1) is 8.15. The summed E-state index contributed by atoms with van der Waals surface area (Å²) in [5, 5.41) is 3.18. The van der Waals surface area contributed by atoms with Crippen molar-refractivity contribution < 1.29 is 9.53 Å². The van der Waals surface area contributed by atoms with Crippen LogP contribution in [-0.2, 0) is 9.53 Å². The number of amides is 1. The molecule has 1 fully saturated rings. The maximum absolute atomic E-state index is 11.5. The van der Waals surface area contributed by atoms with Crippen molar-refractivity contribution in [3.05, 3.63) is 23.2 Å². The smallest absolute Gasteiger partial charge is 0.250 e. The molecule has 0 aromatic heterocycles. The normalized spacial score (nSPS) is 14.6. The van der Waals surface area contributed by atoms with Gasteiger partial charge in [0.1, 0.15) is 6.61 Å². The van der Waals surface area contributed by atoms with E-state index in [2.05, 4.69) is 5.32 Å². The highest BCUT2D eigenvalue weighted by atomic mass is 35.5. The van der Waals surface area contributed by atoms with E-state index in [4.69, 9.17) is 22.1 Å². The highest BCUT2D eigenvalue weighted by Gasteiger charge is 2.21. The van der Waals surface area contributed by atoms with E-state index >= 15 is 0 Å². The molecule has 92 valence electrons. The first-order valence-corrected chi connectivity index (χ1v) is 5.95. The van der Waals surface area contributed by atoms with Gasteiger partial charge >= 0.3 is 0 Å². The van der Waals surface area contributed by atoms with Gasteiger partial charge in [-0.25, -0.2) is 0 Å². The summed E-state index contributed by atoms with van der Waals surface area (Å²) >= 11 is 5.78. The molecule has 1 aromatic rings. The number of benzene rings is 1. The second kappa shape index (κ2) is 5.38. The van der Waals surface area contributed by atoms with Crippen LogP contribution in [0.4, 0.5) is 11.4 Å². The third kappa shape index (κ3) is 3.91. The minimum atomic E-state index is -0.174. The van der Waals surface area contributed by atoms with Crippen LogP contribution in [0.25, 0.3) is 0 Å². The zero-order valence-electron chi connectivity index (χ0n) is 9.41. The molecule has 0 aliphatic heterocycles. The Hall–Kier alpha value is -1.26. The molecule has 0 spiro atoms. The predicted octanol–water partition coefficient (Wildman–Crippen LogP) is 2.29. The lowest BCUT2D eigenvalue weighted by molar-refractivity contribution is -0.120. The lowest BCUT2D eigenvalue weighted by atomic mass is 10.3. The van der Waals surface area contributed by atoms with Gasteiger partial charge in [0.05, 0.1) is 17.3 Å². The third-order valence-corrected chi connectivity index (χ3v) is 2.91. The van der Waals surface area contributed by atoms with E-state index in [9.17, 15) is 4.79 Å². The summed E-state index contributed by atoms with van der Waals surface area (Å²) in [7, 11) is 0. The Kier molecular flexibility index (Phi) is 3.86. The molecule has 1 aliphatic carbocycles. The van der Waals surface area contributed by atoms with Crippen molar-refractivity contribution in [2.75, 3.05) is 24.3 Å². The van der Waals surface area contributed by atoms with Crippen molar-refractivity contribution >= 4 is 28.9 Å². The second-order valence-electron chi connectivity index (χ2n) is 4.24. The fourth-order valence-electron chi connectivity index (χ4n) is 1.42. The third-order valence-electron chi connectivity index (χ3n) is 2.56. The first-order valence-electron chi connectivity index (χ1n) is 5.58. The average molecular weight is 255 g/mol. The van der Waals surface area contributed by atoms with E-state index < -0.39 is 0 Å². The molecule has 1 aromatic carbocycles. The Labute approximate surface area is 105 Å². The van der Waals surface area contributed by atoms with Gasteiger partial charge in [0.15, 0.2) is 0 Å². The Morgan fingerprint density at radius 3 is 2.94 bits per heavy atom. The highest BCUT2D eigenvalue weighted by molar-refractivity contribution is 6.33. The average Bonchev–Trinajstić information content (AvgIpc) is 3.07. The molecule has 0 radical (unpaired) electrons. The number of rotatable bonds is 5. The number of nitrogen functional groups attached to an aromatic ring is 1. The van der Waals surface area contributed by atoms with Crippen LogP contribution < -0.4 is 11.1 Å². The Bertz CT molecular complexity index is 419. The zero-order valence-corrected chi connectivity index (χ0v) is 10.2. The van der Waals surface area contributed by atoms with Gasteiger partial charge in [-0.2, -0.15) is 0 Å². The van der Waals surface area contributed by atoms with E-state index in [1.165, 1.54) is 12.8 Å². The summed E-state index contributed by atoms with van der Waals surface area (Å²) in [5.41, 5.74) is 6.71. The van der Waals surface area contributed by atoms with Crippen molar-refractivity contribution in [2.24, 2.45) is 5.92 Å². The number of ether oxygens (including phenoxy) is 1. The molecule has 0 atom stereocenters. The van der Waals surface area contributed by atoms with Crippen molar-refractivity contribution in [1.29, 1.82) is 0 Å². The van der Waals surface area contributed by atoms with Crippen molar-refractivity contribution in [3.8, 4) is 0 Å². The molecule has 0 bridgehead atoms. The molecule has 1 saturated carbocycles. The van der Waals surface area contributed by atoms with Crippen LogP contribution in [0.15, 0.2) is 18.2 Å². The number of halogens is 1. The van der Waals surface area contributed by atoms with Gasteiger partial charge in [0.25, 0.3) is 0 Å². The van der Waals surface area contributed by atoms with Crippen molar-refractivity contribution in [1.82, 2.24) is 0 Å². The highest BCUT2D eigenvalue weighted by Crippen LogP contribution is 2.28. The second-order valence-corrected chi connectivity index (χ2v) is 4.65. The quantitative estimate of drug-likeness (QED) is 0.793. The van der Waals surface area contributed by atoms with E-state index in [-0.39, 0.29) is 12.5 Å². The van der Waals surface area contributed by atoms with E-state index in [1.807, 2.05) is 0 Å². The maximum Gasteiger partial charge on any atom is 0.250 e. The summed E-state index contributed by atoms with van der Waals surface area (Å²) in [4.78, 5) is 11.5. The number of carbonyl (C=O) groups excluding carboxylic acids is 1. The van der Waals surface area contributed by atoms with Crippen LogP contribution in [0.5, 0.6) is 0 Å². The molecule has 17 heavy (non-hydrogen) atoms. The van der Waals surface area contributed by atoms with Gasteiger partial charge in [-0.3, -0.25) is 4.79 Å². The van der Waals surface area contributed by atoms with E-state index in [0.717, 1.165) is 0 Å². The number of hydrogen-bond donors (Lipinski definition) is 2. The van der Waals surface area contributed by atoms with Crippen LogP contribution >= 0.6 is 11.6 Å². The first kappa shape index (κ1) is 12.2. The number of anilines is 2. The van der Waals surface area contributed by atoms with Gasteiger partial charge in [0, 0.05) is 5.69 Å².